The minimum atomic E-state index is 0.285. The molecule has 3 heteroatoms. The van der Waals surface area contributed by atoms with E-state index in [0.29, 0.717) is 6.04 Å². The van der Waals surface area contributed by atoms with Gasteiger partial charge in [0.05, 0.1) is 5.60 Å². The number of nitrogens with one attached hydrogen (secondary N) is 1. The van der Waals surface area contributed by atoms with Crippen molar-refractivity contribution in [3.63, 3.8) is 0 Å². The lowest BCUT2D eigenvalue weighted by atomic mass is 9.73. The van der Waals surface area contributed by atoms with Crippen molar-refractivity contribution in [3.05, 3.63) is 0 Å². The number of rotatable bonds is 2. The average Bonchev–Trinajstić information content (AvgIpc) is 2.32. The fourth-order valence-electron chi connectivity index (χ4n) is 3.86. The third-order valence-electron chi connectivity index (χ3n) is 5.44. The van der Waals surface area contributed by atoms with Crippen LogP contribution in [-0.2, 0) is 4.74 Å². The molecule has 0 aromatic rings. The summed E-state index contributed by atoms with van der Waals surface area (Å²) in [5, 5.41) is 3.93. The first kappa shape index (κ1) is 12.9. The van der Waals surface area contributed by atoms with E-state index in [1.54, 1.807) is 0 Å². The van der Waals surface area contributed by atoms with E-state index in [-0.39, 0.29) is 5.60 Å². The molecule has 3 nitrogen and oxygen atoms in total. The van der Waals surface area contributed by atoms with Gasteiger partial charge in [-0.05, 0) is 65.5 Å². The molecule has 0 bridgehead atoms. The number of likely N-dealkylation sites (tertiary alicyclic amines) is 1. The Morgan fingerprint density at radius 2 is 2.06 bits per heavy atom. The number of piperidine rings is 1. The van der Waals surface area contributed by atoms with E-state index >= 15 is 0 Å². The Morgan fingerprint density at radius 3 is 2.72 bits per heavy atom. The van der Waals surface area contributed by atoms with Gasteiger partial charge in [0.2, 0.25) is 0 Å². The molecular formula is C15H28N2O. The summed E-state index contributed by atoms with van der Waals surface area (Å²) >= 11 is 0. The maximum absolute atomic E-state index is 6.01. The fraction of sp³-hybridized carbons (Fsp3) is 1.00. The highest BCUT2D eigenvalue weighted by atomic mass is 16.5. The standard InChI is InChI=1S/C15H28N2O/c1-12-10-13(4-8-17(12)2)16-14-5-9-18-15(11-14)6-3-7-15/h12-14,16H,3-11H2,1-2H3. The summed E-state index contributed by atoms with van der Waals surface area (Å²) in [7, 11) is 2.25. The fourth-order valence-corrected chi connectivity index (χ4v) is 3.86. The van der Waals surface area contributed by atoms with Crippen LogP contribution >= 0.6 is 0 Å². The molecule has 2 heterocycles. The molecule has 2 saturated heterocycles. The Hall–Kier alpha value is -0.120. The monoisotopic (exact) mass is 252 g/mol. The van der Waals surface area contributed by atoms with Crippen molar-refractivity contribution < 1.29 is 4.74 Å². The molecule has 0 aromatic carbocycles. The van der Waals surface area contributed by atoms with Gasteiger partial charge in [-0.2, -0.15) is 0 Å². The molecule has 1 aliphatic carbocycles. The Kier molecular flexibility index (Phi) is 3.65. The SMILES string of the molecule is CC1CC(NC2CCOC3(CCC3)C2)CCN1C. The first-order chi connectivity index (χ1) is 8.67. The second kappa shape index (κ2) is 5.10. The number of hydrogen-bond donors (Lipinski definition) is 1. The summed E-state index contributed by atoms with van der Waals surface area (Å²) in [5.41, 5.74) is 0.285. The zero-order valence-corrected chi connectivity index (χ0v) is 12.0. The van der Waals surface area contributed by atoms with Crippen LogP contribution in [0.3, 0.4) is 0 Å². The average molecular weight is 252 g/mol. The molecule has 3 aliphatic rings. The van der Waals surface area contributed by atoms with Crippen LogP contribution in [0.15, 0.2) is 0 Å². The molecule has 18 heavy (non-hydrogen) atoms. The van der Waals surface area contributed by atoms with Gasteiger partial charge in [0.25, 0.3) is 0 Å². The van der Waals surface area contributed by atoms with Crippen molar-refractivity contribution in [2.45, 2.75) is 75.6 Å². The van der Waals surface area contributed by atoms with Crippen molar-refractivity contribution in [2.75, 3.05) is 20.2 Å². The highest BCUT2D eigenvalue weighted by Gasteiger charge is 2.42. The topological polar surface area (TPSA) is 24.5 Å². The maximum atomic E-state index is 6.01. The van der Waals surface area contributed by atoms with Crippen LogP contribution in [0.4, 0.5) is 0 Å². The summed E-state index contributed by atoms with van der Waals surface area (Å²) < 4.78 is 6.01. The van der Waals surface area contributed by atoms with Crippen LogP contribution < -0.4 is 5.32 Å². The van der Waals surface area contributed by atoms with Crippen LogP contribution in [0.2, 0.25) is 0 Å². The molecule has 104 valence electrons. The zero-order valence-electron chi connectivity index (χ0n) is 12.0. The molecule has 3 unspecified atom stereocenters. The normalized spacial score (nSPS) is 40.7. The van der Waals surface area contributed by atoms with Crippen LogP contribution in [0.25, 0.3) is 0 Å². The molecule has 3 fully saturated rings. The van der Waals surface area contributed by atoms with Crippen molar-refractivity contribution in [1.29, 1.82) is 0 Å². The first-order valence-electron chi connectivity index (χ1n) is 7.77. The first-order valence-corrected chi connectivity index (χ1v) is 7.77. The molecule has 0 amide bonds. The van der Waals surface area contributed by atoms with Gasteiger partial charge < -0.3 is 15.0 Å². The summed E-state index contributed by atoms with van der Waals surface area (Å²) in [6.07, 6.45) is 9.06. The van der Waals surface area contributed by atoms with Gasteiger partial charge in [-0.1, -0.05) is 0 Å². The Balaban J connectivity index is 1.50. The molecule has 3 rings (SSSR count). The second-order valence-electron chi connectivity index (χ2n) is 6.79. The molecule has 0 radical (unpaired) electrons. The highest BCUT2D eigenvalue weighted by molar-refractivity contribution is 4.97. The van der Waals surface area contributed by atoms with Crippen molar-refractivity contribution in [1.82, 2.24) is 10.2 Å². The van der Waals surface area contributed by atoms with E-state index in [9.17, 15) is 0 Å². The van der Waals surface area contributed by atoms with Gasteiger partial charge in [0, 0.05) is 24.7 Å². The molecule has 2 aliphatic heterocycles. The lowest BCUT2D eigenvalue weighted by molar-refractivity contribution is -0.136. The summed E-state index contributed by atoms with van der Waals surface area (Å²) in [4.78, 5) is 2.48. The highest BCUT2D eigenvalue weighted by Crippen LogP contribution is 2.42. The van der Waals surface area contributed by atoms with Crippen LogP contribution in [-0.4, -0.2) is 48.8 Å². The number of nitrogens with zero attached hydrogens (tertiary/aromatic N) is 1. The van der Waals surface area contributed by atoms with Gasteiger partial charge in [-0.15, -0.1) is 0 Å². The molecule has 3 atom stereocenters. The summed E-state index contributed by atoms with van der Waals surface area (Å²) in [6, 6.07) is 2.17. The van der Waals surface area contributed by atoms with E-state index in [4.69, 9.17) is 4.74 Å². The van der Waals surface area contributed by atoms with Gasteiger partial charge in [0.1, 0.15) is 0 Å². The van der Waals surface area contributed by atoms with E-state index in [0.717, 1.165) is 18.7 Å². The summed E-state index contributed by atoms with van der Waals surface area (Å²) in [5.74, 6) is 0. The lowest BCUT2D eigenvalue weighted by Crippen LogP contribution is -2.55. The maximum Gasteiger partial charge on any atom is 0.0697 e. The predicted molar refractivity (Wildman–Crippen MR) is 73.8 cm³/mol. The van der Waals surface area contributed by atoms with E-state index in [1.165, 1.54) is 51.5 Å². The summed E-state index contributed by atoms with van der Waals surface area (Å²) in [6.45, 7) is 4.57. The van der Waals surface area contributed by atoms with E-state index in [2.05, 4.69) is 24.2 Å². The molecule has 1 N–H and O–H groups in total. The second-order valence-corrected chi connectivity index (χ2v) is 6.79. The largest absolute Gasteiger partial charge is 0.375 e. The third kappa shape index (κ3) is 2.59. The molecule has 1 spiro atoms. The minimum absolute atomic E-state index is 0.285. The van der Waals surface area contributed by atoms with Crippen molar-refractivity contribution in [3.8, 4) is 0 Å². The van der Waals surface area contributed by atoms with Gasteiger partial charge >= 0.3 is 0 Å². The van der Waals surface area contributed by atoms with E-state index in [1.807, 2.05) is 0 Å². The Labute approximate surface area is 111 Å². The third-order valence-corrected chi connectivity index (χ3v) is 5.44. The number of ether oxygens (including phenoxy) is 1. The minimum Gasteiger partial charge on any atom is -0.375 e. The quantitative estimate of drug-likeness (QED) is 0.815. The molecular weight excluding hydrogens is 224 g/mol. The number of hydrogen-bond acceptors (Lipinski definition) is 3. The zero-order chi connectivity index (χ0) is 12.6. The predicted octanol–water partition coefficient (Wildman–Crippen LogP) is 2.16. The molecule has 1 saturated carbocycles. The Bertz CT molecular complexity index is 290. The molecule has 0 aromatic heterocycles. The van der Waals surface area contributed by atoms with Gasteiger partial charge in [0.15, 0.2) is 0 Å². The van der Waals surface area contributed by atoms with Crippen molar-refractivity contribution >= 4 is 0 Å². The van der Waals surface area contributed by atoms with Crippen LogP contribution in [0, 0.1) is 0 Å². The smallest absolute Gasteiger partial charge is 0.0697 e. The van der Waals surface area contributed by atoms with E-state index < -0.39 is 0 Å². The Morgan fingerprint density at radius 1 is 1.22 bits per heavy atom. The van der Waals surface area contributed by atoms with Crippen molar-refractivity contribution in [2.24, 2.45) is 0 Å². The van der Waals surface area contributed by atoms with Gasteiger partial charge in [-0.25, -0.2) is 0 Å². The van der Waals surface area contributed by atoms with Crippen LogP contribution in [0.5, 0.6) is 0 Å². The lowest BCUT2D eigenvalue weighted by Gasteiger charge is -2.48. The van der Waals surface area contributed by atoms with Crippen LogP contribution in [0.1, 0.15) is 51.9 Å². The van der Waals surface area contributed by atoms with Gasteiger partial charge in [-0.3, -0.25) is 0 Å².